The fraction of sp³-hybridized carbons (Fsp3) is 0.560. The van der Waals surface area contributed by atoms with E-state index >= 15 is 0 Å². The molecule has 7 nitrogen and oxygen atoms in total. The molecule has 2 aromatic rings. The van der Waals surface area contributed by atoms with Crippen LogP contribution in [-0.4, -0.2) is 45.5 Å². The van der Waals surface area contributed by atoms with Gasteiger partial charge < -0.3 is 15.4 Å². The van der Waals surface area contributed by atoms with E-state index in [0.717, 1.165) is 4.57 Å². The first-order valence-corrected chi connectivity index (χ1v) is 12.4. The molecule has 0 bridgehead atoms. The monoisotopic (exact) mass is 546 g/mol. The number of fused-ring (bicyclic) bond motifs is 1. The SMILES string of the molecule is Nc1nc2c(c(=O)n1C(CCC(F)(F)F)c1ccccc1)CCN(C(=O)OC1CCC(C(F)(F)F)CC1)C2. The number of benzene rings is 1. The average molecular weight is 547 g/mol. The van der Waals surface area contributed by atoms with E-state index in [1.807, 2.05) is 0 Å². The minimum absolute atomic E-state index is 0.0815. The van der Waals surface area contributed by atoms with Crippen molar-refractivity contribution in [3.8, 4) is 0 Å². The van der Waals surface area contributed by atoms with Crippen LogP contribution in [0.15, 0.2) is 35.1 Å². The molecule has 1 atom stereocenters. The summed E-state index contributed by atoms with van der Waals surface area (Å²) < 4.78 is 84.3. The molecular formula is C25H28F6N4O3. The van der Waals surface area contributed by atoms with Gasteiger partial charge >= 0.3 is 18.4 Å². The van der Waals surface area contributed by atoms with Crippen molar-refractivity contribution < 1.29 is 35.9 Å². The molecule has 2 N–H and O–H groups in total. The molecule has 0 radical (unpaired) electrons. The van der Waals surface area contributed by atoms with Crippen molar-refractivity contribution >= 4 is 12.0 Å². The lowest BCUT2D eigenvalue weighted by atomic mass is 9.87. The van der Waals surface area contributed by atoms with Crippen LogP contribution in [0.5, 0.6) is 0 Å². The van der Waals surface area contributed by atoms with Crippen LogP contribution >= 0.6 is 0 Å². The van der Waals surface area contributed by atoms with E-state index in [9.17, 15) is 35.9 Å². The molecule has 0 spiro atoms. The molecule has 38 heavy (non-hydrogen) atoms. The van der Waals surface area contributed by atoms with E-state index < -0.39 is 54.9 Å². The summed E-state index contributed by atoms with van der Waals surface area (Å²) in [5, 5.41) is 0. The molecule has 1 saturated carbocycles. The number of aromatic nitrogens is 2. The summed E-state index contributed by atoms with van der Waals surface area (Å²) in [5.41, 5.74) is 6.47. The lowest BCUT2D eigenvalue weighted by Gasteiger charge is -2.33. The van der Waals surface area contributed by atoms with Gasteiger partial charge in [-0.15, -0.1) is 0 Å². The van der Waals surface area contributed by atoms with Crippen LogP contribution in [0.4, 0.5) is 37.1 Å². The third kappa shape index (κ3) is 6.41. The molecule has 1 fully saturated rings. The number of hydrogen-bond acceptors (Lipinski definition) is 5. The van der Waals surface area contributed by atoms with Crippen molar-refractivity contribution in [2.75, 3.05) is 12.3 Å². The summed E-state index contributed by atoms with van der Waals surface area (Å²) in [6, 6.07) is 7.26. The molecule has 1 amide bonds. The predicted octanol–water partition coefficient (Wildman–Crippen LogP) is 5.37. The van der Waals surface area contributed by atoms with Crippen LogP contribution in [0.25, 0.3) is 0 Å². The van der Waals surface area contributed by atoms with E-state index in [4.69, 9.17) is 10.5 Å². The summed E-state index contributed by atoms with van der Waals surface area (Å²) in [4.78, 5) is 31.7. The second-order valence-corrected chi connectivity index (χ2v) is 9.72. The topological polar surface area (TPSA) is 90.5 Å². The third-order valence-electron chi connectivity index (χ3n) is 7.15. The minimum atomic E-state index is -4.43. The van der Waals surface area contributed by atoms with Crippen molar-refractivity contribution in [3.05, 3.63) is 57.5 Å². The van der Waals surface area contributed by atoms with Crippen LogP contribution in [0.3, 0.4) is 0 Å². The molecule has 2 heterocycles. The fourth-order valence-electron chi connectivity index (χ4n) is 5.12. The van der Waals surface area contributed by atoms with Gasteiger partial charge in [0.2, 0.25) is 5.95 Å². The number of nitrogen functional groups attached to an aromatic ring is 1. The Kier molecular flexibility index (Phi) is 7.93. The van der Waals surface area contributed by atoms with Crippen molar-refractivity contribution in [1.29, 1.82) is 0 Å². The van der Waals surface area contributed by atoms with Crippen LogP contribution in [0.1, 0.15) is 61.4 Å². The number of nitrogens with two attached hydrogens (primary N) is 1. The van der Waals surface area contributed by atoms with Crippen LogP contribution in [0, 0.1) is 5.92 Å². The zero-order valence-corrected chi connectivity index (χ0v) is 20.4. The maximum absolute atomic E-state index is 13.4. The lowest BCUT2D eigenvalue weighted by molar-refractivity contribution is -0.186. The van der Waals surface area contributed by atoms with E-state index in [0.29, 0.717) is 5.56 Å². The number of rotatable bonds is 5. The zero-order chi connectivity index (χ0) is 27.7. The Morgan fingerprint density at radius 3 is 2.34 bits per heavy atom. The molecule has 1 unspecified atom stereocenters. The number of nitrogens with zero attached hydrogens (tertiary/aromatic N) is 3. The number of halogens is 6. The predicted molar refractivity (Wildman–Crippen MR) is 125 cm³/mol. The second-order valence-electron chi connectivity index (χ2n) is 9.72. The van der Waals surface area contributed by atoms with Gasteiger partial charge in [0.05, 0.1) is 24.2 Å². The highest BCUT2D eigenvalue weighted by Gasteiger charge is 2.42. The summed E-state index contributed by atoms with van der Waals surface area (Å²) in [7, 11) is 0. The molecule has 4 rings (SSSR count). The molecule has 13 heteroatoms. The molecule has 0 saturated heterocycles. The summed E-state index contributed by atoms with van der Waals surface area (Å²) >= 11 is 0. The van der Waals surface area contributed by atoms with Crippen LogP contribution in [0.2, 0.25) is 0 Å². The lowest BCUT2D eigenvalue weighted by Crippen LogP contribution is -2.43. The number of amides is 1. The van der Waals surface area contributed by atoms with Crippen molar-refractivity contribution in [2.45, 2.75) is 76.0 Å². The van der Waals surface area contributed by atoms with Gasteiger partial charge in [0, 0.05) is 18.5 Å². The molecule has 2 aliphatic rings. The smallest absolute Gasteiger partial charge is 0.410 e. The highest BCUT2D eigenvalue weighted by atomic mass is 19.4. The first-order valence-electron chi connectivity index (χ1n) is 12.4. The maximum Gasteiger partial charge on any atom is 0.410 e. The Morgan fingerprint density at radius 1 is 1.08 bits per heavy atom. The number of anilines is 1. The molecule has 1 aromatic heterocycles. The Balaban J connectivity index is 1.50. The van der Waals surface area contributed by atoms with E-state index in [-0.39, 0.29) is 62.4 Å². The Labute approximate surface area is 214 Å². The first kappa shape index (κ1) is 27.8. The Hall–Kier alpha value is -3.25. The van der Waals surface area contributed by atoms with Crippen LogP contribution in [-0.2, 0) is 17.7 Å². The van der Waals surface area contributed by atoms with Gasteiger partial charge in [-0.05, 0) is 44.1 Å². The largest absolute Gasteiger partial charge is 0.446 e. The molecule has 208 valence electrons. The van der Waals surface area contributed by atoms with E-state index in [2.05, 4.69) is 4.98 Å². The van der Waals surface area contributed by atoms with Gasteiger partial charge in [0.15, 0.2) is 0 Å². The summed E-state index contributed by atoms with van der Waals surface area (Å²) in [6.07, 6.45) is -11.5. The van der Waals surface area contributed by atoms with Gasteiger partial charge in [0.25, 0.3) is 5.56 Å². The third-order valence-corrected chi connectivity index (χ3v) is 7.15. The van der Waals surface area contributed by atoms with E-state index in [1.54, 1.807) is 30.3 Å². The van der Waals surface area contributed by atoms with Gasteiger partial charge in [-0.1, -0.05) is 30.3 Å². The number of hydrogen-bond donors (Lipinski definition) is 1. The fourth-order valence-corrected chi connectivity index (χ4v) is 5.12. The average Bonchev–Trinajstić information content (AvgIpc) is 2.85. The number of carbonyl (C=O) groups is 1. The Bertz CT molecular complexity index is 1190. The maximum atomic E-state index is 13.4. The molecular weight excluding hydrogens is 518 g/mol. The van der Waals surface area contributed by atoms with Gasteiger partial charge in [-0.25, -0.2) is 9.78 Å². The highest BCUT2D eigenvalue weighted by molar-refractivity contribution is 5.68. The molecule has 1 aromatic carbocycles. The number of ether oxygens (including phenoxy) is 1. The summed E-state index contributed by atoms with van der Waals surface area (Å²) in [6.45, 7) is -0.0198. The normalized spacial score (nSPS) is 21.1. The van der Waals surface area contributed by atoms with Gasteiger partial charge in [-0.2, -0.15) is 26.3 Å². The van der Waals surface area contributed by atoms with Crippen molar-refractivity contribution in [2.24, 2.45) is 5.92 Å². The number of carbonyl (C=O) groups excluding carboxylic acids is 1. The standard InChI is InChI=1S/C25H28F6N4O3/c26-24(27,28)12-10-20(15-4-2-1-3-5-15)35-21(36)18-11-13-34(14-19(18)33-22(35)32)23(37)38-17-8-6-16(7-9-17)25(29,30)31/h1-5,16-17,20H,6-14H2,(H2,32,33). The van der Waals surface area contributed by atoms with Gasteiger partial charge in [0.1, 0.15) is 6.10 Å². The Morgan fingerprint density at radius 2 is 1.74 bits per heavy atom. The first-order chi connectivity index (χ1) is 17.8. The van der Waals surface area contributed by atoms with Gasteiger partial charge in [-0.3, -0.25) is 9.36 Å². The minimum Gasteiger partial charge on any atom is -0.446 e. The van der Waals surface area contributed by atoms with Crippen LogP contribution < -0.4 is 11.3 Å². The van der Waals surface area contributed by atoms with E-state index in [1.165, 1.54) is 4.90 Å². The zero-order valence-electron chi connectivity index (χ0n) is 20.4. The summed E-state index contributed by atoms with van der Waals surface area (Å²) in [5.74, 6) is -1.67. The highest BCUT2D eigenvalue weighted by Crippen LogP contribution is 2.38. The molecule has 1 aliphatic heterocycles. The second kappa shape index (κ2) is 10.9. The van der Waals surface area contributed by atoms with Crippen molar-refractivity contribution in [3.63, 3.8) is 0 Å². The number of alkyl halides is 6. The molecule has 1 aliphatic carbocycles. The van der Waals surface area contributed by atoms with Crippen molar-refractivity contribution in [1.82, 2.24) is 14.5 Å². The quantitative estimate of drug-likeness (QED) is 0.509.